The molecule has 4 nitrogen and oxygen atoms in total. The first kappa shape index (κ1) is 41.4. The van der Waals surface area contributed by atoms with Gasteiger partial charge in [-0.1, -0.05) is 176 Å². The highest BCUT2D eigenvalue weighted by Gasteiger charge is 2.27. The Morgan fingerprint density at radius 2 is 1.32 bits per heavy atom. The molecule has 2 aliphatic carbocycles. The van der Waals surface area contributed by atoms with Gasteiger partial charge in [-0.05, 0) is 103 Å². The van der Waals surface area contributed by atoms with Gasteiger partial charge in [0.2, 0.25) is 0 Å². The van der Waals surface area contributed by atoms with Crippen LogP contribution < -0.4 is 0 Å². The molecule has 3 heterocycles. The summed E-state index contributed by atoms with van der Waals surface area (Å²) in [5, 5.41) is 5.06. The zero-order valence-electron chi connectivity index (χ0n) is 37.9. The van der Waals surface area contributed by atoms with Crippen molar-refractivity contribution in [3.8, 4) is 51.0 Å². The van der Waals surface area contributed by atoms with Crippen LogP contribution in [0.3, 0.4) is 0 Å². The maximum Gasteiger partial charge on any atom is 0.164 e. The average Bonchev–Trinajstić information content (AvgIpc) is 3.96. The topological polar surface area (TPSA) is 43.6 Å². The van der Waals surface area contributed by atoms with Crippen LogP contribution in [-0.4, -0.2) is 19.5 Å². The lowest BCUT2D eigenvalue weighted by Gasteiger charge is -2.25. The van der Waals surface area contributed by atoms with E-state index in [9.17, 15) is 0 Å². The molecular weight excluding hydrogens is 845 g/mol. The molecular formula is C63H48N4S. The number of allylic oxidation sites excluding steroid dienone is 12. The van der Waals surface area contributed by atoms with Gasteiger partial charge < -0.3 is 4.57 Å². The molecule has 10 aromatic rings. The highest BCUT2D eigenvalue weighted by molar-refractivity contribution is 7.26. The van der Waals surface area contributed by atoms with Crippen LogP contribution in [0.1, 0.15) is 48.8 Å². The van der Waals surface area contributed by atoms with Crippen molar-refractivity contribution in [2.24, 2.45) is 0 Å². The Morgan fingerprint density at radius 1 is 0.603 bits per heavy atom. The minimum absolute atomic E-state index is 0.0922. The molecule has 0 bridgehead atoms. The Morgan fingerprint density at radius 3 is 2.09 bits per heavy atom. The zero-order valence-corrected chi connectivity index (χ0v) is 38.7. The Bertz CT molecular complexity index is 3750. The van der Waals surface area contributed by atoms with Gasteiger partial charge in [0.15, 0.2) is 17.5 Å². The van der Waals surface area contributed by atoms with E-state index in [1.165, 1.54) is 69.9 Å². The van der Waals surface area contributed by atoms with Gasteiger partial charge in [0, 0.05) is 59.1 Å². The van der Waals surface area contributed by atoms with Crippen molar-refractivity contribution in [3.63, 3.8) is 0 Å². The van der Waals surface area contributed by atoms with Crippen LogP contribution in [-0.2, 0) is 6.42 Å². The predicted molar refractivity (Wildman–Crippen MR) is 288 cm³/mol. The van der Waals surface area contributed by atoms with Crippen molar-refractivity contribution in [2.75, 3.05) is 0 Å². The number of thiophene rings is 1. The maximum absolute atomic E-state index is 5.50. The molecule has 12 rings (SSSR count). The summed E-state index contributed by atoms with van der Waals surface area (Å²) < 4.78 is 5.16. The van der Waals surface area contributed by atoms with E-state index in [0.717, 1.165) is 53.5 Å². The Hall–Kier alpha value is -7.99. The molecule has 0 amide bonds. The standard InChI is InChI=1S/C63H48N4S/c1-2-3-4-9-22-42-37-47(43-23-10-5-11-24-43)39-48(38-42)62-64-61(46-29-16-8-17-30-46)65-63(66-62)49-40-53(44-25-12-6-13-26-44)59(54(41-49)45-27-14-7-15-28-45)67-55-33-20-18-31-50(55)51-35-36-57-58(60(51)67)52-32-19-21-34-56(52)68-57/h2-10,12-21,23,25-27,29-41,45H,11,22,24,28H2,1H3/b3-2-,9-4-. The summed E-state index contributed by atoms with van der Waals surface area (Å²) in [4.78, 5) is 16.2. The molecule has 0 saturated heterocycles. The third-order valence-electron chi connectivity index (χ3n) is 13.4. The first-order chi connectivity index (χ1) is 33.7. The molecule has 0 saturated carbocycles. The second-order valence-electron chi connectivity index (χ2n) is 17.7. The van der Waals surface area contributed by atoms with Crippen molar-refractivity contribution >= 4 is 58.9 Å². The molecule has 0 aliphatic heterocycles. The Labute approximate surface area is 401 Å². The summed E-state index contributed by atoms with van der Waals surface area (Å²) in [6, 6.07) is 55.3. The molecule has 68 heavy (non-hydrogen) atoms. The lowest BCUT2D eigenvalue weighted by atomic mass is 9.86. The highest BCUT2D eigenvalue weighted by Crippen LogP contribution is 2.47. The number of hydrogen-bond donors (Lipinski definition) is 0. The fourth-order valence-electron chi connectivity index (χ4n) is 10.2. The molecule has 0 radical (unpaired) electrons. The van der Waals surface area contributed by atoms with Gasteiger partial charge in [0.05, 0.1) is 16.7 Å². The number of aromatic nitrogens is 4. The number of rotatable bonds is 10. The number of hydrogen-bond acceptors (Lipinski definition) is 4. The van der Waals surface area contributed by atoms with E-state index in [-0.39, 0.29) is 5.92 Å². The van der Waals surface area contributed by atoms with Crippen LogP contribution in [0.5, 0.6) is 0 Å². The maximum atomic E-state index is 5.50. The molecule has 1 unspecified atom stereocenters. The van der Waals surface area contributed by atoms with Crippen molar-refractivity contribution in [3.05, 3.63) is 235 Å². The SMILES string of the molecule is C/C=C\C=C/Cc1cc(C2=CC=CCC2)cc(-c2nc(-c3ccccc3)nc(-c3cc(-c4ccccc4)c(-n4c5ccccc5c5ccc6sc7ccccc7c6c54)c(C4C=CC=CC4)c3)n2)c1. The van der Waals surface area contributed by atoms with E-state index in [4.69, 9.17) is 15.0 Å². The number of para-hydroxylation sites is 1. The summed E-state index contributed by atoms with van der Waals surface area (Å²) in [6.07, 6.45) is 27.9. The van der Waals surface area contributed by atoms with Crippen molar-refractivity contribution in [2.45, 2.75) is 38.5 Å². The normalized spacial score (nSPS) is 15.0. The predicted octanol–water partition coefficient (Wildman–Crippen LogP) is 17.0. The van der Waals surface area contributed by atoms with Gasteiger partial charge in [-0.25, -0.2) is 15.0 Å². The number of nitrogens with zero attached hydrogens (tertiary/aromatic N) is 4. The molecule has 0 spiro atoms. The van der Waals surface area contributed by atoms with Gasteiger partial charge in [-0.15, -0.1) is 11.3 Å². The van der Waals surface area contributed by atoms with E-state index in [2.05, 4.69) is 217 Å². The average molecular weight is 893 g/mol. The van der Waals surface area contributed by atoms with Gasteiger partial charge in [0.1, 0.15) is 0 Å². The lowest BCUT2D eigenvalue weighted by Crippen LogP contribution is -2.09. The fraction of sp³-hybridized carbons (Fsp3) is 0.0952. The lowest BCUT2D eigenvalue weighted by molar-refractivity contribution is 0.844. The molecule has 1 atom stereocenters. The molecule has 0 fully saturated rings. The summed E-state index contributed by atoms with van der Waals surface area (Å²) in [7, 11) is 0. The van der Waals surface area contributed by atoms with E-state index >= 15 is 0 Å². The largest absolute Gasteiger partial charge is 0.308 e. The van der Waals surface area contributed by atoms with Gasteiger partial charge in [-0.2, -0.15) is 0 Å². The van der Waals surface area contributed by atoms with Crippen molar-refractivity contribution in [1.29, 1.82) is 0 Å². The second kappa shape index (κ2) is 18.0. The molecule has 0 N–H and O–H groups in total. The highest BCUT2D eigenvalue weighted by atomic mass is 32.1. The van der Waals surface area contributed by atoms with Crippen LogP contribution in [0.15, 0.2) is 218 Å². The van der Waals surface area contributed by atoms with Crippen LogP contribution >= 0.6 is 11.3 Å². The minimum atomic E-state index is 0.0922. The van der Waals surface area contributed by atoms with E-state index in [1.54, 1.807) is 0 Å². The molecule has 2 aliphatic rings. The van der Waals surface area contributed by atoms with E-state index in [1.807, 2.05) is 24.3 Å². The van der Waals surface area contributed by atoms with Gasteiger partial charge in [0.25, 0.3) is 0 Å². The van der Waals surface area contributed by atoms with Gasteiger partial charge >= 0.3 is 0 Å². The molecule has 326 valence electrons. The summed E-state index contributed by atoms with van der Waals surface area (Å²) in [6.45, 7) is 2.05. The van der Waals surface area contributed by atoms with E-state index in [0.29, 0.717) is 17.5 Å². The van der Waals surface area contributed by atoms with Crippen molar-refractivity contribution in [1.82, 2.24) is 19.5 Å². The molecule has 3 aromatic heterocycles. The van der Waals surface area contributed by atoms with Crippen LogP contribution in [0.4, 0.5) is 0 Å². The quantitative estimate of drug-likeness (QED) is 0.129. The van der Waals surface area contributed by atoms with Crippen molar-refractivity contribution < 1.29 is 0 Å². The smallest absolute Gasteiger partial charge is 0.164 e. The monoisotopic (exact) mass is 892 g/mol. The Balaban J connectivity index is 1.15. The van der Waals surface area contributed by atoms with E-state index < -0.39 is 0 Å². The Kier molecular flexibility index (Phi) is 11.0. The first-order valence-corrected chi connectivity index (χ1v) is 24.5. The summed E-state index contributed by atoms with van der Waals surface area (Å²) in [5.41, 5.74) is 13.7. The second-order valence-corrected chi connectivity index (χ2v) is 18.8. The molecule has 5 heteroatoms. The van der Waals surface area contributed by atoms with Crippen LogP contribution in [0.2, 0.25) is 0 Å². The summed E-state index contributed by atoms with van der Waals surface area (Å²) in [5.74, 6) is 2.03. The van der Waals surface area contributed by atoms with Crippen LogP contribution in [0, 0.1) is 0 Å². The third-order valence-corrected chi connectivity index (χ3v) is 14.5. The molecule has 7 aromatic carbocycles. The zero-order chi connectivity index (χ0) is 45.4. The van der Waals surface area contributed by atoms with Gasteiger partial charge in [-0.3, -0.25) is 0 Å². The fourth-order valence-corrected chi connectivity index (χ4v) is 11.3. The third kappa shape index (κ3) is 7.65. The first-order valence-electron chi connectivity index (χ1n) is 23.7. The minimum Gasteiger partial charge on any atom is -0.308 e. The van der Waals surface area contributed by atoms with Crippen LogP contribution in [0.25, 0.3) is 98.5 Å². The number of benzene rings is 7. The number of fused-ring (bicyclic) bond motifs is 7. The summed E-state index contributed by atoms with van der Waals surface area (Å²) >= 11 is 1.87.